The molecule has 28 heavy (non-hydrogen) atoms. The molecular formula is C21H19ClN2O4. The largest absolute Gasteiger partial charge is 0.480 e. The lowest BCUT2D eigenvalue weighted by Crippen LogP contribution is -2.20. The summed E-state index contributed by atoms with van der Waals surface area (Å²) in [5.74, 6) is -0.996. The van der Waals surface area contributed by atoms with E-state index >= 15 is 0 Å². The predicted molar refractivity (Wildman–Crippen MR) is 111 cm³/mol. The van der Waals surface area contributed by atoms with Crippen molar-refractivity contribution in [3.05, 3.63) is 57.2 Å². The minimum absolute atomic E-state index is 0.144. The van der Waals surface area contributed by atoms with Crippen LogP contribution in [0, 0.1) is 0 Å². The van der Waals surface area contributed by atoms with Gasteiger partial charge in [0.1, 0.15) is 6.54 Å². The van der Waals surface area contributed by atoms with Crippen molar-refractivity contribution in [3.63, 3.8) is 0 Å². The molecule has 1 N–H and O–H groups in total. The fraction of sp³-hybridized carbons (Fsp3) is 0.238. The Hall–Kier alpha value is -2.83. The van der Waals surface area contributed by atoms with Gasteiger partial charge in [0.15, 0.2) is 5.43 Å². The Balaban J connectivity index is 2.18. The van der Waals surface area contributed by atoms with Crippen LogP contribution in [0.15, 0.2) is 41.2 Å². The smallest absolute Gasteiger partial charge is 0.323 e. The van der Waals surface area contributed by atoms with Crippen molar-refractivity contribution in [3.8, 4) is 0 Å². The van der Waals surface area contributed by atoms with Crippen LogP contribution in [0.1, 0.15) is 5.56 Å². The first kappa shape index (κ1) is 18.5. The zero-order valence-corrected chi connectivity index (χ0v) is 16.3. The summed E-state index contributed by atoms with van der Waals surface area (Å²) >= 11 is 6.42. The summed E-state index contributed by atoms with van der Waals surface area (Å²) in [6.45, 7) is 0.762. The molecule has 3 aromatic rings. The second-order valence-electron chi connectivity index (χ2n) is 6.97. The van der Waals surface area contributed by atoms with Gasteiger partial charge in [0.05, 0.1) is 35.0 Å². The van der Waals surface area contributed by atoms with E-state index in [1.165, 1.54) is 0 Å². The van der Waals surface area contributed by atoms with E-state index in [1.54, 1.807) is 27.7 Å². The van der Waals surface area contributed by atoms with Crippen LogP contribution >= 0.6 is 11.6 Å². The number of carboxylic acid groups (broad SMARTS) is 1. The summed E-state index contributed by atoms with van der Waals surface area (Å²) in [5.41, 5.74) is 3.50. The summed E-state index contributed by atoms with van der Waals surface area (Å²) in [5, 5.41) is 10.9. The number of aliphatic carboxylic acids is 1. The van der Waals surface area contributed by atoms with E-state index in [2.05, 4.69) is 0 Å². The van der Waals surface area contributed by atoms with E-state index in [0.717, 1.165) is 11.1 Å². The highest BCUT2D eigenvalue weighted by atomic mass is 35.5. The number of hydrogen-bond donors (Lipinski definition) is 1. The summed E-state index contributed by atoms with van der Waals surface area (Å²) in [7, 11) is 3.63. The van der Waals surface area contributed by atoms with Crippen LogP contribution < -0.4 is 10.3 Å². The Morgan fingerprint density at radius 3 is 2.64 bits per heavy atom. The van der Waals surface area contributed by atoms with Crippen molar-refractivity contribution >= 4 is 50.6 Å². The van der Waals surface area contributed by atoms with Gasteiger partial charge in [-0.15, -0.1) is 0 Å². The number of pyridine rings is 1. The van der Waals surface area contributed by atoms with Gasteiger partial charge in [0, 0.05) is 24.9 Å². The van der Waals surface area contributed by atoms with E-state index in [9.17, 15) is 14.7 Å². The molecule has 0 amide bonds. The molecule has 1 aliphatic heterocycles. The van der Waals surface area contributed by atoms with E-state index in [0.29, 0.717) is 45.7 Å². The highest BCUT2D eigenvalue weighted by Gasteiger charge is 2.20. The first-order valence-electron chi connectivity index (χ1n) is 8.83. The minimum atomic E-state index is -0.996. The van der Waals surface area contributed by atoms with Crippen molar-refractivity contribution in [2.24, 2.45) is 0 Å². The van der Waals surface area contributed by atoms with Crippen LogP contribution in [0.2, 0.25) is 5.02 Å². The topological polar surface area (TPSA) is 71.8 Å². The first-order valence-corrected chi connectivity index (χ1v) is 9.21. The number of carboxylic acids is 1. The number of nitrogens with zero attached hydrogens (tertiary/aromatic N) is 2. The maximum atomic E-state index is 13.2. The van der Waals surface area contributed by atoms with Gasteiger partial charge in [-0.05, 0) is 35.4 Å². The predicted octanol–water partition coefficient (Wildman–Crippen LogP) is 3.37. The third-order valence-corrected chi connectivity index (χ3v) is 5.27. The van der Waals surface area contributed by atoms with Crippen molar-refractivity contribution in [2.75, 3.05) is 32.2 Å². The molecule has 0 unspecified atom stereocenters. The Morgan fingerprint density at radius 2 is 2.00 bits per heavy atom. The molecule has 0 spiro atoms. The molecule has 0 atom stereocenters. The molecule has 4 rings (SSSR count). The highest BCUT2D eigenvalue weighted by molar-refractivity contribution is 6.35. The van der Waals surface area contributed by atoms with Crippen LogP contribution in [-0.2, 0) is 16.1 Å². The highest BCUT2D eigenvalue weighted by Crippen LogP contribution is 2.34. The third kappa shape index (κ3) is 2.95. The SMILES string of the molecule is CN(C)c1c(Cl)ccc2c(=O)c3ccc(C4=CCOC4)cc3n(CC(=O)O)c12. The number of aromatic nitrogens is 1. The van der Waals surface area contributed by atoms with Crippen molar-refractivity contribution in [1.29, 1.82) is 0 Å². The number of ether oxygens (including phenoxy) is 1. The van der Waals surface area contributed by atoms with E-state index in [4.69, 9.17) is 16.3 Å². The Labute approximate surface area is 166 Å². The molecule has 0 radical (unpaired) electrons. The summed E-state index contributed by atoms with van der Waals surface area (Å²) < 4.78 is 7.06. The number of fused-ring (bicyclic) bond motifs is 2. The average Bonchev–Trinajstić information content (AvgIpc) is 3.18. The summed E-state index contributed by atoms with van der Waals surface area (Å²) in [6.07, 6.45) is 1.99. The lowest BCUT2D eigenvalue weighted by Gasteiger charge is -2.22. The van der Waals surface area contributed by atoms with Gasteiger partial charge >= 0.3 is 5.97 Å². The fourth-order valence-electron chi connectivity index (χ4n) is 3.74. The molecule has 1 aromatic heterocycles. The number of benzene rings is 2. The second kappa shape index (κ2) is 6.96. The molecule has 0 saturated carbocycles. The van der Waals surface area contributed by atoms with Crippen molar-refractivity contribution in [1.82, 2.24) is 4.57 Å². The monoisotopic (exact) mass is 398 g/mol. The van der Waals surface area contributed by atoms with Gasteiger partial charge in [0.2, 0.25) is 0 Å². The van der Waals surface area contributed by atoms with Gasteiger partial charge in [0.25, 0.3) is 0 Å². The van der Waals surface area contributed by atoms with Gasteiger partial charge in [-0.1, -0.05) is 23.7 Å². The molecule has 0 aliphatic carbocycles. The molecular weight excluding hydrogens is 380 g/mol. The molecule has 6 nitrogen and oxygen atoms in total. The maximum absolute atomic E-state index is 13.2. The number of anilines is 1. The Bertz CT molecular complexity index is 1210. The van der Waals surface area contributed by atoms with Gasteiger partial charge < -0.3 is 19.3 Å². The molecule has 0 fully saturated rings. The van der Waals surface area contributed by atoms with Crippen LogP contribution in [-0.4, -0.2) is 43.0 Å². The van der Waals surface area contributed by atoms with Crippen LogP contribution in [0.4, 0.5) is 5.69 Å². The quantitative estimate of drug-likeness (QED) is 0.682. The van der Waals surface area contributed by atoms with Gasteiger partial charge in [-0.25, -0.2) is 0 Å². The number of carbonyl (C=O) groups is 1. The standard InChI is InChI=1S/C21H19ClN2O4/c1-23(2)20-16(22)6-5-15-19(20)24(10-18(25)26)17-9-12(13-7-8-28-11-13)3-4-14(17)21(15)27/h3-7,9H,8,10-11H2,1-2H3,(H,25,26). The summed E-state index contributed by atoms with van der Waals surface area (Å²) in [6, 6.07) is 8.83. The molecule has 0 saturated heterocycles. The number of rotatable bonds is 4. The second-order valence-corrected chi connectivity index (χ2v) is 7.38. The Morgan fingerprint density at radius 1 is 1.25 bits per heavy atom. The first-order chi connectivity index (χ1) is 13.4. The zero-order chi connectivity index (χ0) is 20.0. The number of hydrogen-bond acceptors (Lipinski definition) is 4. The Kier molecular flexibility index (Phi) is 4.61. The molecule has 2 aromatic carbocycles. The van der Waals surface area contributed by atoms with Crippen LogP contribution in [0.5, 0.6) is 0 Å². The summed E-state index contributed by atoms with van der Waals surface area (Å²) in [4.78, 5) is 26.7. The normalized spacial score (nSPS) is 13.9. The van der Waals surface area contributed by atoms with Crippen LogP contribution in [0.25, 0.3) is 27.4 Å². The van der Waals surface area contributed by atoms with Gasteiger partial charge in [-0.3, -0.25) is 9.59 Å². The molecule has 144 valence electrons. The van der Waals surface area contributed by atoms with Crippen molar-refractivity contribution in [2.45, 2.75) is 6.54 Å². The lowest BCUT2D eigenvalue weighted by atomic mass is 10.0. The molecule has 0 bridgehead atoms. The van der Waals surface area contributed by atoms with Crippen LogP contribution in [0.3, 0.4) is 0 Å². The van der Waals surface area contributed by atoms with E-state index in [1.807, 2.05) is 32.3 Å². The van der Waals surface area contributed by atoms with Crippen molar-refractivity contribution < 1.29 is 14.6 Å². The zero-order valence-electron chi connectivity index (χ0n) is 15.5. The minimum Gasteiger partial charge on any atom is -0.480 e. The lowest BCUT2D eigenvalue weighted by molar-refractivity contribution is -0.137. The van der Waals surface area contributed by atoms with E-state index in [-0.39, 0.29) is 12.0 Å². The third-order valence-electron chi connectivity index (χ3n) is 4.97. The maximum Gasteiger partial charge on any atom is 0.323 e. The fourth-order valence-corrected chi connectivity index (χ4v) is 4.06. The molecule has 1 aliphatic rings. The molecule has 2 heterocycles. The number of halogens is 1. The van der Waals surface area contributed by atoms with Gasteiger partial charge in [-0.2, -0.15) is 0 Å². The van der Waals surface area contributed by atoms with E-state index < -0.39 is 5.97 Å². The molecule has 7 heteroatoms. The average molecular weight is 399 g/mol.